The van der Waals surface area contributed by atoms with Crippen LogP contribution in [0.5, 0.6) is 11.5 Å². The number of anilines is 2. The Morgan fingerprint density at radius 1 is 0.525 bits per heavy atom. The molecule has 0 atom stereocenters. The van der Waals surface area contributed by atoms with E-state index in [0.717, 1.165) is 55.9 Å². The Labute approximate surface area is 236 Å². The normalized spacial score (nSPS) is 10.7. The number of amides is 2. The van der Waals surface area contributed by atoms with Gasteiger partial charge in [-0.1, -0.05) is 36.4 Å². The van der Waals surface area contributed by atoms with E-state index in [1.54, 1.807) is 0 Å². The fraction of sp³-hybridized carbons (Fsp3) is 0.235. The van der Waals surface area contributed by atoms with Crippen molar-refractivity contribution in [2.45, 2.75) is 41.5 Å². The van der Waals surface area contributed by atoms with Gasteiger partial charge >= 0.3 is 0 Å². The summed E-state index contributed by atoms with van der Waals surface area (Å²) in [6.45, 7) is 11.7. The van der Waals surface area contributed by atoms with Crippen molar-refractivity contribution >= 4 is 23.2 Å². The molecular weight excluding hydrogens is 500 g/mol. The van der Waals surface area contributed by atoms with E-state index >= 15 is 0 Å². The second-order valence-electron chi connectivity index (χ2n) is 10.3. The fourth-order valence-corrected chi connectivity index (χ4v) is 4.35. The van der Waals surface area contributed by atoms with Gasteiger partial charge in [-0.05, 0) is 122 Å². The third-order valence-electron chi connectivity index (χ3n) is 6.74. The Bertz CT molecular complexity index is 1440. The van der Waals surface area contributed by atoms with Gasteiger partial charge in [-0.3, -0.25) is 9.59 Å². The Kier molecular flexibility index (Phi) is 8.90. The number of rotatable bonds is 9. The van der Waals surface area contributed by atoms with E-state index in [2.05, 4.69) is 10.6 Å². The van der Waals surface area contributed by atoms with Crippen molar-refractivity contribution in [2.24, 2.45) is 0 Å². The van der Waals surface area contributed by atoms with Gasteiger partial charge in [-0.2, -0.15) is 0 Å². The van der Waals surface area contributed by atoms with E-state index in [1.165, 1.54) is 0 Å². The molecule has 0 aliphatic rings. The van der Waals surface area contributed by atoms with E-state index in [0.29, 0.717) is 11.5 Å². The first-order valence-corrected chi connectivity index (χ1v) is 13.3. The maximum Gasteiger partial charge on any atom is 0.262 e. The molecule has 0 fully saturated rings. The van der Waals surface area contributed by atoms with Gasteiger partial charge in [0.05, 0.1) is 0 Å². The second-order valence-corrected chi connectivity index (χ2v) is 10.3. The Morgan fingerprint density at radius 2 is 0.925 bits per heavy atom. The molecule has 2 amide bonds. The van der Waals surface area contributed by atoms with E-state index in [4.69, 9.17) is 9.47 Å². The third-order valence-corrected chi connectivity index (χ3v) is 6.74. The van der Waals surface area contributed by atoms with E-state index in [-0.39, 0.29) is 25.0 Å². The Hall–Kier alpha value is -4.58. The monoisotopic (exact) mass is 536 g/mol. The van der Waals surface area contributed by atoms with Crippen molar-refractivity contribution in [1.82, 2.24) is 0 Å². The van der Waals surface area contributed by atoms with Crippen LogP contribution in [-0.4, -0.2) is 25.0 Å². The lowest BCUT2D eigenvalue weighted by molar-refractivity contribution is -0.118. The SMILES string of the molecule is Cc1ccc(C)c(OCC(=O)Nc2ccc(-c3ccc(NC(=O)COc4cc(C)ccc4C)c(C)c3)cc2C)c1. The molecule has 0 aliphatic carbocycles. The zero-order valence-corrected chi connectivity index (χ0v) is 24.0. The number of benzene rings is 4. The van der Waals surface area contributed by atoms with Gasteiger partial charge in [-0.15, -0.1) is 0 Å². The van der Waals surface area contributed by atoms with Crippen molar-refractivity contribution in [3.63, 3.8) is 0 Å². The number of hydrogen-bond donors (Lipinski definition) is 2. The standard InChI is InChI=1S/C34H36N2O4/c1-21-7-9-23(3)31(15-21)39-19-33(37)35-29-13-11-27(17-25(29)5)28-12-14-30(26(6)18-28)36-34(38)20-40-32-16-22(2)8-10-24(32)4/h7-18H,19-20H2,1-6H3,(H,35,37)(H,36,38). The van der Waals surface area contributed by atoms with Gasteiger partial charge in [0, 0.05) is 11.4 Å². The molecule has 6 nitrogen and oxygen atoms in total. The summed E-state index contributed by atoms with van der Waals surface area (Å²) in [4.78, 5) is 25.1. The van der Waals surface area contributed by atoms with Gasteiger partial charge in [0.25, 0.3) is 11.8 Å². The summed E-state index contributed by atoms with van der Waals surface area (Å²) in [7, 11) is 0. The first kappa shape index (κ1) is 28.4. The van der Waals surface area contributed by atoms with Crippen LogP contribution in [0.1, 0.15) is 33.4 Å². The summed E-state index contributed by atoms with van der Waals surface area (Å²) in [6.07, 6.45) is 0. The highest BCUT2D eigenvalue weighted by molar-refractivity contribution is 5.94. The fourth-order valence-electron chi connectivity index (χ4n) is 4.35. The smallest absolute Gasteiger partial charge is 0.262 e. The van der Waals surface area contributed by atoms with Crippen molar-refractivity contribution in [3.8, 4) is 22.6 Å². The minimum absolute atomic E-state index is 0.0620. The summed E-state index contributed by atoms with van der Waals surface area (Å²) in [5.41, 5.74) is 9.54. The summed E-state index contributed by atoms with van der Waals surface area (Å²) in [5.74, 6) is 1.00. The first-order valence-electron chi connectivity index (χ1n) is 13.3. The number of ether oxygens (including phenoxy) is 2. The Balaban J connectivity index is 1.35. The zero-order valence-electron chi connectivity index (χ0n) is 24.0. The van der Waals surface area contributed by atoms with Crippen molar-refractivity contribution in [2.75, 3.05) is 23.8 Å². The van der Waals surface area contributed by atoms with Crippen LogP contribution in [-0.2, 0) is 9.59 Å². The van der Waals surface area contributed by atoms with Gasteiger partial charge < -0.3 is 20.1 Å². The molecule has 0 saturated carbocycles. The van der Waals surface area contributed by atoms with Crippen molar-refractivity contribution in [3.05, 3.63) is 106 Å². The summed E-state index contributed by atoms with van der Waals surface area (Å²) >= 11 is 0. The topological polar surface area (TPSA) is 76.7 Å². The molecule has 0 aliphatic heterocycles. The molecule has 0 radical (unpaired) electrons. The van der Waals surface area contributed by atoms with Crippen LogP contribution in [0.3, 0.4) is 0 Å². The minimum atomic E-state index is -0.214. The van der Waals surface area contributed by atoms with Crippen LogP contribution in [0.2, 0.25) is 0 Å². The number of hydrogen-bond acceptors (Lipinski definition) is 4. The van der Waals surface area contributed by atoms with Crippen LogP contribution < -0.4 is 20.1 Å². The molecule has 0 heterocycles. The van der Waals surface area contributed by atoms with Crippen LogP contribution in [0.4, 0.5) is 11.4 Å². The number of carbonyl (C=O) groups is 2. The zero-order chi connectivity index (χ0) is 28.8. The molecule has 4 aromatic rings. The average molecular weight is 537 g/mol. The number of carbonyl (C=O) groups excluding carboxylic acids is 2. The second kappa shape index (κ2) is 12.5. The Morgan fingerprint density at radius 3 is 1.30 bits per heavy atom. The molecule has 0 spiro atoms. The van der Waals surface area contributed by atoms with Crippen LogP contribution in [0.15, 0.2) is 72.8 Å². The maximum atomic E-state index is 12.5. The highest BCUT2D eigenvalue weighted by Crippen LogP contribution is 2.28. The quantitative estimate of drug-likeness (QED) is 0.236. The van der Waals surface area contributed by atoms with Crippen molar-refractivity contribution in [1.29, 1.82) is 0 Å². The predicted octanol–water partition coefficient (Wildman–Crippen LogP) is 7.24. The van der Waals surface area contributed by atoms with E-state index < -0.39 is 0 Å². The molecular formula is C34H36N2O4. The molecule has 206 valence electrons. The molecule has 6 heteroatoms. The molecule has 4 rings (SSSR count). The van der Waals surface area contributed by atoms with Gasteiger partial charge in [0.15, 0.2) is 13.2 Å². The molecule has 40 heavy (non-hydrogen) atoms. The van der Waals surface area contributed by atoms with Crippen molar-refractivity contribution < 1.29 is 19.1 Å². The van der Waals surface area contributed by atoms with E-state index in [1.807, 2.05) is 114 Å². The highest BCUT2D eigenvalue weighted by Gasteiger charge is 2.11. The number of nitrogens with one attached hydrogen (secondary N) is 2. The third kappa shape index (κ3) is 7.29. The molecule has 0 saturated heterocycles. The first-order chi connectivity index (χ1) is 19.1. The predicted molar refractivity (Wildman–Crippen MR) is 161 cm³/mol. The summed E-state index contributed by atoms with van der Waals surface area (Å²) in [5, 5.41) is 5.88. The van der Waals surface area contributed by atoms with Gasteiger partial charge in [-0.25, -0.2) is 0 Å². The lowest BCUT2D eigenvalue weighted by Gasteiger charge is -2.14. The maximum absolute atomic E-state index is 12.5. The van der Waals surface area contributed by atoms with Gasteiger partial charge in [0.2, 0.25) is 0 Å². The average Bonchev–Trinajstić information content (AvgIpc) is 2.92. The largest absolute Gasteiger partial charge is 0.483 e. The highest BCUT2D eigenvalue weighted by atomic mass is 16.5. The molecule has 4 aromatic carbocycles. The van der Waals surface area contributed by atoms with Crippen LogP contribution in [0.25, 0.3) is 11.1 Å². The summed E-state index contributed by atoms with van der Waals surface area (Å²) in [6, 6.07) is 23.7. The van der Waals surface area contributed by atoms with Crippen LogP contribution >= 0.6 is 0 Å². The summed E-state index contributed by atoms with van der Waals surface area (Å²) < 4.78 is 11.5. The number of aryl methyl sites for hydroxylation is 6. The molecule has 0 aromatic heterocycles. The molecule has 0 unspecified atom stereocenters. The molecule has 2 N–H and O–H groups in total. The lowest BCUT2D eigenvalue weighted by Crippen LogP contribution is -2.21. The van der Waals surface area contributed by atoms with Crippen LogP contribution in [0, 0.1) is 41.5 Å². The van der Waals surface area contributed by atoms with E-state index in [9.17, 15) is 9.59 Å². The van der Waals surface area contributed by atoms with Gasteiger partial charge in [0.1, 0.15) is 11.5 Å². The minimum Gasteiger partial charge on any atom is -0.483 e. The lowest BCUT2D eigenvalue weighted by atomic mass is 10.00. The molecule has 0 bridgehead atoms.